The summed E-state index contributed by atoms with van der Waals surface area (Å²) in [4.78, 5) is 4.47. The van der Waals surface area contributed by atoms with Crippen LogP contribution in [0, 0.1) is 0 Å². The largest absolute Gasteiger partial charge is 0.462 e. The zero-order valence-corrected chi connectivity index (χ0v) is 9.58. The molecular weight excluding hydrogens is 224 g/mol. The maximum Gasteiger partial charge on any atom is 0.161 e. The topological polar surface area (TPSA) is 31.0 Å². The molecule has 0 aliphatic carbocycles. The molecule has 0 saturated carbocycles. The fraction of sp³-hybridized carbons (Fsp3) is 0. The van der Waals surface area contributed by atoms with Crippen molar-refractivity contribution < 1.29 is 4.42 Å². The zero-order chi connectivity index (χ0) is 11.9. The lowest BCUT2D eigenvalue weighted by Crippen LogP contribution is -1.93. The Hall–Kier alpha value is -2.55. The number of para-hydroxylation sites is 1. The minimum Gasteiger partial charge on any atom is -0.462 e. The lowest BCUT2D eigenvalue weighted by molar-refractivity contribution is 0.619. The van der Waals surface area contributed by atoms with Crippen LogP contribution >= 0.6 is 0 Å². The Balaban J connectivity index is 2.22. The summed E-state index contributed by atoms with van der Waals surface area (Å²) in [5.41, 5.74) is 3.97. The van der Waals surface area contributed by atoms with Crippen molar-refractivity contribution in [2.45, 2.75) is 0 Å². The smallest absolute Gasteiger partial charge is 0.161 e. The van der Waals surface area contributed by atoms with Crippen LogP contribution in [0.5, 0.6) is 0 Å². The van der Waals surface area contributed by atoms with Gasteiger partial charge in [-0.1, -0.05) is 18.2 Å². The molecule has 4 rings (SSSR count). The quantitative estimate of drug-likeness (QED) is 0.502. The number of hydrogen-bond donors (Lipinski definition) is 0. The first-order valence-corrected chi connectivity index (χ1v) is 5.83. The molecule has 3 heteroatoms. The number of nitrogens with zero attached hydrogens (tertiary/aromatic N) is 2. The van der Waals surface area contributed by atoms with Gasteiger partial charge in [0.1, 0.15) is 5.65 Å². The normalized spacial score (nSPS) is 11.3. The van der Waals surface area contributed by atoms with Gasteiger partial charge in [-0.25, -0.2) is 4.98 Å². The summed E-state index contributed by atoms with van der Waals surface area (Å²) >= 11 is 0. The van der Waals surface area contributed by atoms with Crippen LogP contribution in [0.4, 0.5) is 0 Å². The van der Waals surface area contributed by atoms with E-state index in [1.807, 2.05) is 36.4 Å². The van der Waals surface area contributed by atoms with Gasteiger partial charge in [0.25, 0.3) is 0 Å². The van der Waals surface area contributed by atoms with Gasteiger partial charge in [-0.2, -0.15) is 0 Å². The Morgan fingerprint density at radius 1 is 0.944 bits per heavy atom. The van der Waals surface area contributed by atoms with E-state index >= 15 is 0 Å². The highest BCUT2D eigenvalue weighted by Crippen LogP contribution is 2.30. The fourth-order valence-electron chi connectivity index (χ4n) is 2.39. The van der Waals surface area contributed by atoms with Gasteiger partial charge in [-0.05, 0) is 24.3 Å². The van der Waals surface area contributed by atoms with Gasteiger partial charge in [-0.15, -0.1) is 0 Å². The SMILES string of the molecule is c1ccc(-n2c3ccoc3c3cccnc32)cc1. The van der Waals surface area contributed by atoms with Crippen LogP contribution in [0.3, 0.4) is 0 Å². The maximum absolute atomic E-state index is 5.57. The van der Waals surface area contributed by atoms with Crippen LogP contribution in [-0.4, -0.2) is 9.55 Å². The molecule has 0 saturated heterocycles. The molecule has 0 bridgehead atoms. The van der Waals surface area contributed by atoms with Crippen molar-refractivity contribution in [1.29, 1.82) is 0 Å². The molecule has 0 fully saturated rings. The second kappa shape index (κ2) is 3.47. The van der Waals surface area contributed by atoms with E-state index in [9.17, 15) is 0 Å². The highest BCUT2D eigenvalue weighted by atomic mass is 16.3. The Bertz CT molecular complexity index is 827. The monoisotopic (exact) mass is 234 g/mol. The fourth-order valence-corrected chi connectivity index (χ4v) is 2.39. The van der Waals surface area contributed by atoms with Gasteiger partial charge in [0.15, 0.2) is 5.58 Å². The molecule has 3 nitrogen and oxygen atoms in total. The van der Waals surface area contributed by atoms with Crippen molar-refractivity contribution >= 4 is 22.1 Å². The van der Waals surface area contributed by atoms with E-state index in [2.05, 4.69) is 21.7 Å². The second-order valence-corrected chi connectivity index (χ2v) is 4.18. The maximum atomic E-state index is 5.57. The van der Waals surface area contributed by atoms with Gasteiger partial charge in [0.2, 0.25) is 0 Å². The molecule has 86 valence electrons. The molecule has 0 unspecified atom stereocenters. The number of benzene rings is 1. The van der Waals surface area contributed by atoms with Crippen LogP contribution < -0.4 is 0 Å². The molecule has 0 aliphatic rings. The van der Waals surface area contributed by atoms with Crippen LogP contribution in [0.1, 0.15) is 0 Å². The van der Waals surface area contributed by atoms with Gasteiger partial charge >= 0.3 is 0 Å². The van der Waals surface area contributed by atoms with E-state index in [1.54, 1.807) is 12.5 Å². The Morgan fingerprint density at radius 2 is 1.83 bits per heavy atom. The average molecular weight is 234 g/mol. The first-order chi connectivity index (χ1) is 8.95. The highest BCUT2D eigenvalue weighted by molar-refractivity contribution is 6.04. The Morgan fingerprint density at radius 3 is 2.72 bits per heavy atom. The predicted molar refractivity (Wildman–Crippen MR) is 70.8 cm³/mol. The molecule has 0 atom stereocenters. The van der Waals surface area contributed by atoms with E-state index in [1.165, 1.54) is 0 Å². The van der Waals surface area contributed by atoms with Crippen molar-refractivity contribution in [3.8, 4) is 5.69 Å². The number of rotatable bonds is 1. The summed E-state index contributed by atoms with van der Waals surface area (Å²) in [5, 5.41) is 1.04. The van der Waals surface area contributed by atoms with Crippen LogP contribution in [0.15, 0.2) is 65.4 Å². The minimum atomic E-state index is 0.891. The molecule has 0 spiro atoms. The lowest BCUT2D eigenvalue weighted by Gasteiger charge is -2.04. The zero-order valence-electron chi connectivity index (χ0n) is 9.58. The molecule has 18 heavy (non-hydrogen) atoms. The third-order valence-electron chi connectivity index (χ3n) is 3.14. The Labute approximate surface area is 103 Å². The number of fused-ring (bicyclic) bond motifs is 3. The van der Waals surface area contributed by atoms with Gasteiger partial charge < -0.3 is 4.42 Å². The summed E-state index contributed by atoms with van der Waals surface area (Å²) in [5.74, 6) is 0. The van der Waals surface area contributed by atoms with Crippen molar-refractivity contribution in [2.75, 3.05) is 0 Å². The molecule has 0 radical (unpaired) electrons. The molecule has 4 aromatic rings. The van der Waals surface area contributed by atoms with Gasteiger partial charge in [0, 0.05) is 18.0 Å². The minimum absolute atomic E-state index is 0.891. The average Bonchev–Trinajstić information content (AvgIpc) is 2.99. The lowest BCUT2D eigenvalue weighted by atomic mass is 10.3. The highest BCUT2D eigenvalue weighted by Gasteiger charge is 2.14. The van der Waals surface area contributed by atoms with Crippen molar-refractivity contribution in [3.05, 3.63) is 61.0 Å². The van der Waals surface area contributed by atoms with Crippen LogP contribution in [0.2, 0.25) is 0 Å². The first kappa shape index (κ1) is 9.48. The van der Waals surface area contributed by atoms with Gasteiger partial charge in [-0.3, -0.25) is 4.57 Å². The predicted octanol–water partition coefficient (Wildman–Crippen LogP) is 3.77. The van der Waals surface area contributed by atoms with E-state index in [-0.39, 0.29) is 0 Å². The third kappa shape index (κ3) is 1.16. The summed E-state index contributed by atoms with van der Waals surface area (Å²) in [6, 6.07) is 16.1. The summed E-state index contributed by atoms with van der Waals surface area (Å²) in [6.45, 7) is 0. The third-order valence-corrected chi connectivity index (χ3v) is 3.14. The molecule has 0 amide bonds. The molecule has 0 N–H and O–H groups in total. The molecule has 3 aromatic heterocycles. The van der Waals surface area contributed by atoms with Crippen molar-refractivity contribution in [1.82, 2.24) is 9.55 Å². The molecule has 3 heterocycles. The molecule has 0 aliphatic heterocycles. The van der Waals surface area contributed by atoms with E-state index < -0.39 is 0 Å². The summed E-state index contributed by atoms with van der Waals surface area (Å²) in [7, 11) is 0. The van der Waals surface area contributed by atoms with Crippen molar-refractivity contribution in [2.24, 2.45) is 0 Å². The van der Waals surface area contributed by atoms with Crippen LogP contribution in [-0.2, 0) is 0 Å². The summed E-state index contributed by atoms with van der Waals surface area (Å²) in [6.07, 6.45) is 3.52. The van der Waals surface area contributed by atoms with Crippen molar-refractivity contribution in [3.63, 3.8) is 0 Å². The van der Waals surface area contributed by atoms with E-state index in [0.717, 1.165) is 27.8 Å². The number of pyridine rings is 1. The Kier molecular flexibility index (Phi) is 1.83. The van der Waals surface area contributed by atoms with Crippen LogP contribution in [0.25, 0.3) is 27.8 Å². The van der Waals surface area contributed by atoms with E-state index in [0.29, 0.717) is 0 Å². The van der Waals surface area contributed by atoms with Gasteiger partial charge in [0.05, 0.1) is 17.2 Å². The second-order valence-electron chi connectivity index (χ2n) is 4.18. The molecular formula is C15H10N2O. The number of aromatic nitrogens is 2. The van der Waals surface area contributed by atoms with E-state index in [4.69, 9.17) is 4.42 Å². The first-order valence-electron chi connectivity index (χ1n) is 5.83. The molecule has 1 aromatic carbocycles. The number of furan rings is 1. The standard InChI is InChI=1S/C15H10N2O/c1-2-5-11(6-3-1)17-13-8-10-18-14(13)12-7-4-9-16-15(12)17/h1-10H. The number of hydrogen-bond acceptors (Lipinski definition) is 2. The summed E-state index contributed by atoms with van der Waals surface area (Å²) < 4.78 is 7.69.